The van der Waals surface area contributed by atoms with Crippen LogP contribution in [-0.4, -0.2) is 22.2 Å². The van der Waals surface area contributed by atoms with E-state index in [0.717, 1.165) is 12.1 Å². The van der Waals surface area contributed by atoms with Crippen LogP contribution in [0.25, 0.3) is 0 Å². The monoisotopic (exact) mass is 255 g/mol. The largest absolute Gasteiger partial charge is 0.310 e. The molecular formula is C14H13N3O2. The number of carbonyl (C=O) groups is 1. The molecule has 3 rings (SSSR count). The van der Waals surface area contributed by atoms with Crippen molar-refractivity contribution in [3.8, 4) is 0 Å². The van der Waals surface area contributed by atoms with Crippen molar-refractivity contribution in [1.29, 1.82) is 0 Å². The number of rotatable bonds is 2. The van der Waals surface area contributed by atoms with Crippen LogP contribution in [0.3, 0.4) is 0 Å². The van der Waals surface area contributed by atoms with Crippen LogP contribution in [0, 0.1) is 0 Å². The minimum Gasteiger partial charge on any atom is -0.310 e. The second kappa shape index (κ2) is 4.68. The van der Waals surface area contributed by atoms with Crippen molar-refractivity contribution in [1.82, 2.24) is 9.78 Å². The number of benzene rings is 1. The van der Waals surface area contributed by atoms with Crippen LogP contribution in [-0.2, 0) is 17.8 Å². The first-order valence-electron chi connectivity index (χ1n) is 6.16. The van der Waals surface area contributed by atoms with Gasteiger partial charge < -0.3 is 4.90 Å². The van der Waals surface area contributed by atoms with E-state index in [0.29, 0.717) is 6.54 Å². The number of nitrogens with zero attached hydrogens (tertiary/aromatic N) is 3. The van der Waals surface area contributed by atoms with Gasteiger partial charge in [-0.1, -0.05) is 18.2 Å². The van der Waals surface area contributed by atoms with Gasteiger partial charge in [-0.15, -0.1) is 0 Å². The Morgan fingerprint density at radius 3 is 2.89 bits per heavy atom. The Hall–Kier alpha value is -2.43. The fourth-order valence-corrected chi connectivity index (χ4v) is 2.32. The van der Waals surface area contributed by atoms with E-state index in [-0.39, 0.29) is 18.0 Å². The maximum absolute atomic E-state index is 12.3. The Kier molecular flexibility index (Phi) is 2.87. The molecule has 0 saturated heterocycles. The van der Waals surface area contributed by atoms with Crippen LogP contribution in [0.5, 0.6) is 0 Å². The van der Waals surface area contributed by atoms with Crippen molar-refractivity contribution in [2.75, 3.05) is 11.4 Å². The van der Waals surface area contributed by atoms with Gasteiger partial charge in [-0.25, -0.2) is 4.68 Å². The minimum atomic E-state index is -0.261. The van der Waals surface area contributed by atoms with Crippen molar-refractivity contribution in [2.24, 2.45) is 0 Å². The van der Waals surface area contributed by atoms with Gasteiger partial charge in [0.15, 0.2) is 0 Å². The third-order valence-electron chi connectivity index (χ3n) is 3.26. The Morgan fingerprint density at radius 2 is 2.05 bits per heavy atom. The molecule has 2 aromatic rings. The summed E-state index contributed by atoms with van der Waals surface area (Å²) in [4.78, 5) is 25.5. The molecule has 0 atom stereocenters. The lowest BCUT2D eigenvalue weighted by molar-refractivity contribution is -0.119. The van der Waals surface area contributed by atoms with Gasteiger partial charge in [0.1, 0.15) is 6.54 Å². The highest BCUT2D eigenvalue weighted by Gasteiger charge is 2.24. The summed E-state index contributed by atoms with van der Waals surface area (Å²) in [6, 6.07) is 10.8. The zero-order valence-corrected chi connectivity index (χ0v) is 10.3. The number of fused-ring (bicyclic) bond motifs is 1. The lowest BCUT2D eigenvalue weighted by atomic mass is 10.2. The maximum atomic E-state index is 12.3. The van der Waals surface area contributed by atoms with Crippen LogP contribution in [0.2, 0.25) is 0 Å². The molecule has 96 valence electrons. The van der Waals surface area contributed by atoms with Gasteiger partial charge in [0.2, 0.25) is 5.91 Å². The topological polar surface area (TPSA) is 55.2 Å². The average Bonchev–Trinajstić information content (AvgIpc) is 2.85. The van der Waals surface area contributed by atoms with Gasteiger partial charge in [-0.2, -0.15) is 5.10 Å². The summed E-state index contributed by atoms with van der Waals surface area (Å²) in [6.45, 7) is 0.647. The van der Waals surface area contributed by atoms with Gasteiger partial charge >= 0.3 is 0 Å². The normalized spacial score (nSPS) is 13.4. The third kappa shape index (κ3) is 2.14. The number of aromatic nitrogens is 2. The van der Waals surface area contributed by atoms with Gasteiger partial charge in [0.25, 0.3) is 5.56 Å². The Morgan fingerprint density at radius 1 is 1.21 bits per heavy atom. The summed E-state index contributed by atoms with van der Waals surface area (Å²) in [5.74, 6) is -0.106. The van der Waals surface area contributed by atoms with Crippen LogP contribution < -0.4 is 10.5 Å². The van der Waals surface area contributed by atoms with E-state index in [1.807, 2.05) is 24.3 Å². The summed E-state index contributed by atoms with van der Waals surface area (Å²) in [5.41, 5.74) is 1.85. The number of hydrogen-bond acceptors (Lipinski definition) is 3. The molecule has 19 heavy (non-hydrogen) atoms. The fraction of sp³-hybridized carbons (Fsp3) is 0.214. The number of para-hydroxylation sites is 1. The molecule has 0 N–H and O–H groups in total. The molecule has 0 saturated carbocycles. The van der Waals surface area contributed by atoms with Crippen molar-refractivity contribution < 1.29 is 4.79 Å². The SMILES string of the molecule is O=C(Cn1ncccc1=O)N1CCc2ccccc21. The van der Waals surface area contributed by atoms with Gasteiger partial charge in [0, 0.05) is 24.5 Å². The Balaban J connectivity index is 1.83. The molecule has 1 aliphatic rings. The fourth-order valence-electron chi connectivity index (χ4n) is 2.32. The summed E-state index contributed by atoms with van der Waals surface area (Å²) in [7, 11) is 0. The van der Waals surface area contributed by atoms with Crippen molar-refractivity contribution in [3.63, 3.8) is 0 Å². The molecule has 2 heterocycles. The van der Waals surface area contributed by atoms with Gasteiger partial charge in [-0.3, -0.25) is 9.59 Å². The second-order valence-electron chi connectivity index (χ2n) is 4.44. The van der Waals surface area contributed by atoms with Crippen LogP contribution in [0.1, 0.15) is 5.56 Å². The molecule has 0 radical (unpaired) electrons. The quantitative estimate of drug-likeness (QED) is 0.798. The molecule has 0 bridgehead atoms. The molecule has 1 amide bonds. The highest BCUT2D eigenvalue weighted by Crippen LogP contribution is 2.27. The van der Waals surface area contributed by atoms with Crippen molar-refractivity contribution in [2.45, 2.75) is 13.0 Å². The number of amides is 1. The zero-order valence-electron chi connectivity index (χ0n) is 10.3. The van der Waals surface area contributed by atoms with E-state index in [2.05, 4.69) is 5.10 Å². The smallest absolute Gasteiger partial charge is 0.267 e. The van der Waals surface area contributed by atoms with Crippen LogP contribution >= 0.6 is 0 Å². The van der Waals surface area contributed by atoms with Crippen molar-refractivity contribution in [3.05, 3.63) is 58.5 Å². The zero-order chi connectivity index (χ0) is 13.2. The maximum Gasteiger partial charge on any atom is 0.267 e. The van der Waals surface area contributed by atoms with E-state index in [1.165, 1.54) is 22.5 Å². The molecule has 1 aliphatic heterocycles. The molecule has 0 spiro atoms. The first-order valence-corrected chi connectivity index (χ1v) is 6.16. The molecule has 0 unspecified atom stereocenters. The minimum absolute atomic E-state index is 0.0198. The highest BCUT2D eigenvalue weighted by molar-refractivity contribution is 5.95. The number of hydrogen-bond donors (Lipinski definition) is 0. The van der Waals surface area contributed by atoms with E-state index in [1.54, 1.807) is 11.0 Å². The van der Waals surface area contributed by atoms with E-state index >= 15 is 0 Å². The van der Waals surface area contributed by atoms with Gasteiger partial charge in [-0.05, 0) is 24.1 Å². The summed E-state index contributed by atoms with van der Waals surface area (Å²) in [6.07, 6.45) is 2.37. The predicted octanol–water partition coefficient (Wildman–Crippen LogP) is 0.833. The number of anilines is 1. The summed E-state index contributed by atoms with van der Waals surface area (Å²) >= 11 is 0. The third-order valence-corrected chi connectivity index (χ3v) is 3.26. The highest BCUT2D eigenvalue weighted by atomic mass is 16.2. The van der Waals surface area contributed by atoms with Gasteiger partial charge in [0.05, 0.1) is 0 Å². The Bertz CT molecular complexity index is 678. The molecule has 5 nitrogen and oxygen atoms in total. The molecule has 1 aromatic carbocycles. The average molecular weight is 255 g/mol. The first kappa shape index (κ1) is 11.6. The molecule has 0 aliphatic carbocycles. The first-order chi connectivity index (χ1) is 9.25. The number of carbonyl (C=O) groups excluding carboxylic acids is 1. The molecular weight excluding hydrogens is 242 g/mol. The Labute approximate surface area is 110 Å². The summed E-state index contributed by atoms with van der Waals surface area (Å²) < 4.78 is 1.18. The van der Waals surface area contributed by atoms with Crippen LogP contribution in [0.15, 0.2) is 47.4 Å². The van der Waals surface area contributed by atoms with Crippen LogP contribution in [0.4, 0.5) is 5.69 Å². The molecule has 0 fully saturated rings. The van der Waals surface area contributed by atoms with E-state index in [9.17, 15) is 9.59 Å². The lowest BCUT2D eigenvalue weighted by Crippen LogP contribution is -2.36. The second-order valence-corrected chi connectivity index (χ2v) is 4.44. The lowest BCUT2D eigenvalue weighted by Gasteiger charge is -2.17. The molecule has 1 aromatic heterocycles. The standard InChI is InChI=1S/C14H13N3O2/c18-13-6-3-8-15-17(13)10-14(19)16-9-7-11-4-1-2-5-12(11)16/h1-6,8H,7,9-10H2. The van der Waals surface area contributed by atoms with E-state index < -0.39 is 0 Å². The van der Waals surface area contributed by atoms with E-state index in [4.69, 9.17) is 0 Å². The predicted molar refractivity (Wildman–Crippen MR) is 71.0 cm³/mol. The molecule has 5 heteroatoms. The van der Waals surface area contributed by atoms with Crippen molar-refractivity contribution >= 4 is 11.6 Å². The summed E-state index contributed by atoms with van der Waals surface area (Å²) in [5, 5.41) is 3.90.